The van der Waals surface area contributed by atoms with Crippen LogP contribution in [-0.4, -0.2) is 164 Å². The molecule has 0 unspecified atom stereocenters. The number of Topliss-reactive ketones (excluding diaryl/α,β-unsaturated/α-hetero) is 1. The van der Waals surface area contributed by atoms with Crippen molar-refractivity contribution in [1.82, 2.24) is 49.8 Å². The van der Waals surface area contributed by atoms with E-state index in [1.165, 1.54) is 70.6 Å². The lowest BCUT2D eigenvalue weighted by Crippen LogP contribution is -2.57. The number of fused-ring (bicyclic) bond motifs is 2. The molecule has 3 N–H and O–H groups in total. The minimum Gasteiger partial charge on any atom is -0.480 e. The third kappa shape index (κ3) is 14.0. The zero-order chi connectivity index (χ0) is 53.8. The first-order valence-corrected chi connectivity index (χ1v) is 26.5. The van der Waals surface area contributed by atoms with Crippen molar-refractivity contribution in [2.45, 2.75) is 90.6 Å². The Morgan fingerprint density at radius 2 is 1.11 bits per heavy atom. The summed E-state index contributed by atoms with van der Waals surface area (Å²) in [6, 6.07) is 18.6. The highest BCUT2D eigenvalue weighted by molar-refractivity contribution is 6.45. The summed E-state index contributed by atoms with van der Waals surface area (Å²) in [7, 11) is 2.98. The number of hydrogen-bond acceptors (Lipinski definition) is 11. The highest BCUT2D eigenvalue weighted by Crippen LogP contribution is 2.30. The number of pyridine rings is 2. The number of H-pyrrole nitrogens is 2. The molecule has 402 valence electrons. The van der Waals surface area contributed by atoms with Crippen LogP contribution in [0.2, 0.25) is 0 Å². The maximum Gasteiger partial charge on any atom is 0.295 e. The lowest BCUT2D eigenvalue weighted by molar-refractivity contribution is -0.125. The predicted octanol–water partition coefficient (Wildman–Crippen LogP) is 8.49. The van der Waals surface area contributed by atoms with Crippen molar-refractivity contribution in [3.05, 3.63) is 119 Å². The van der Waals surface area contributed by atoms with Crippen molar-refractivity contribution in [3.8, 4) is 11.8 Å². The Morgan fingerprint density at radius 1 is 0.627 bits per heavy atom. The van der Waals surface area contributed by atoms with Crippen LogP contribution >= 0.6 is 23.2 Å². The minimum atomic E-state index is -0.611. The number of halogens is 4. The number of amides is 3. The molecule has 0 aliphatic carbocycles. The van der Waals surface area contributed by atoms with E-state index in [1.807, 2.05) is 36.1 Å². The molecule has 4 atom stereocenters. The number of rotatable bonds is 10. The summed E-state index contributed by atoms with van der Waals surface area (Å²) in [5.74, 6) is -1.47. The van der Waals surface area contributed by atoms with Crippen LogP contribution in [0.4, 0.5) is 8.78 Å². The molecule has 8 heterocycles. The number of alkyl halides is 2. The lowest BCUT2D eigenvalue weighted by Gasteiger charge is -2.44. The van der Waals surface area contributed by atoms with Crippen LogP contribution in [0.5, 0.6) is 11.8 Å². The second kappa shape index (κ2) is 26.5. The maximum atomic E-state index is 13.8. The van der Waals surface area contributed by atoms with E-state index in [9.17, 15) is 28.0 Å². The highest BCUT2D eigenvalue weighted by atomic mass is 35.5. The zero-order valence-corrected chi connectivity index (χ0v) is 45.0. The van der Waals surface area contributed by atoms with Crippen LogP contribution in [0.25, 0.3) is 22.1 Å². The number of benzene rings is 2. The van der Waals surface area contributed by atoms with Crippen molar-refractivity contribution in [1.29, 1.82) is 0 Å². The van der Waals surface area contributed by atoms with Crippen LogP contribution < -0.4 is 14.8 Å². The van der Waals surface area contributed by atoms with Gasteiger partial charge in [-0.25, -0.2) is 8.78 Å². The monoisotopic (exact) mass is 1070 g/mol. The van der Waals surface area contributed by atoms with E-state index < -0.39 is 11.7 Å². The number of nitrogens with one attached hydrogen (secondary N) is 3. The van der Waals surface area contributed by atoms with Gasteiger partial charge in [-0.2, -0.15) is 9.97 Å². The molecule has 4 aromatic heterocycles. The Hall–Kier alpha value is -6.18. The average molecular weight is 1070 g/mol. The molecule has 16 nitrogen and oxygen atoms in total. The molecule has 4 saturated heterocycles. The molecule has 10 rings (SSSR count). The third-order valence-corrected chi connectivity index (χ3v) is 14.1. The quantitative estimate of drug-likeness (QED) is 0.0683. The van der Waals surface area contributed by atoms with Gasteiger partial charge < -0.3 is 39.5 Å². The van der Waals surface area contributed by atoms with Gasteiger partial charge >= 0.3 is 0 Å². The Balaban J connectivity index is 0.000000195. The number of aromatic nitrogens is 4. The van der Waals surface area contributed by atoms with Gasteiger partial charge in [0.25, 0.3) is 23.5 Å². The van der Waals surface area contributed by atoms with Crippen molar-refractivity contribution in [3.63, 3.8) is 0 Å². The number of ether oxygens (including phenoxy) is 2. The zero-order valence-electron chi connectivity index (χ0n) is 43.5. The van der Waals surface area contributed by atoms with Crippen molar-refractivity contribution in [2.24, 2.45) is 0 Å². The first kappa shape index (κ1) is 56.5. The molecule has 4 fully saturated rings. The van der Waals surface area contributed by atoms with Crippen molar-refractivity contribution < 1.29 is 37.4 Å². The molecule has 0 bridgehead atoms. The number of nitrogens with zero attached hydrogens (tertiary/aromatic N) is 7. The van der Waals surface area contributed by atoms with E-state index in [0.29, 0.717) is 67.4 Å². The largest absolute Gasteiger partial charge is 0.480 e. The molecule has 0 saturated carbocycles. The Morgan fingerprint density at radius 3 is 1.57 bits per heavy atom. The Kier molecular flexibility index (Phi) is 20.0. The number of aromatic amines is 2. The molecular formula is C55H68Cl2F2N10O6. The number of methoxy groups -OCH3 is 2. The second-order valence-electron chi connectivity index (χ2n) is 19.4. The van der Waals surface area contributed by atoms with Crippen LogP contribution in [0.1, 0.15) is 95.6 Å². The first-order valence-electron chi connectivity index (χ1n) is 25.5. The fourth-order valence-corrected chi connectivity index (χ4v) is 9.97. The Bertz CT molecular complexity index is 2870. The van der Waals surface area contributed by atoms with E-state index in [-0.39, 0.29) is 70.0 Å². The van der Waals surface area contributed by atoms with Crippen LogP contribution in [0, 0.1) is 11.6 Å². The van der Waals surface area contributed by atoms with Crippen LogP contribution in [-0.2, 0) is 17.9 Å². The lowest BCUT2D eigenvalue weighted by atomic mass is 10.0. The van der Waals surface area contributed by atoms with E-state index in [2.05, 4.69) is 55.8 Å². The van der Waals surface area contributed by atoms with E-state index in [4.69, 9.17) is 32.7 Å². The van der Waals surface area contributed by atoms with Crippen molar-refractivity contribution in [2.75, 3.05) is 71.9 Å². The predicted molar refractivity (Wildman–Crippen MR) is 288 cm³/mol. The van der Waals surface area contributed by atoms with Gasteiger partial charge in [-0.05, 0) is 120 Å². The molecule has 4 aliphatic rings. The maximum absolute atomic E-state index is 13.8. The van der Waals surface area contributed by atoms with Gasteiger partial charge in [0.05, 0.1) is 25.1 Å². The normalized spacial score (nSPS) is 19.9. The van der Waals surface area contributed by atoms with Crippen LogP contribution in [0.3, 0.4) is 0 Å². The number of ketones is 1. The molecule has 75 heavy (non-hydrogen) atoms. The fourth-order valence-electron chi connectivity index (χ4n) is 9.97. The van der Waals surface area contributed by atoms with Gasteiger partial charge in [-0.1, -0.05) is 24.3 Å². The topological polar surface area (TPSA) is 172 Å². The standard InChI is InChI=1S/C28H32FN5O4.C22H25FN4O2.C4H9N.CH2Cl2/c1-17-15-34(18(2)14-33(17)16-19-6-8-20(29)9-7-19)27(36)22-12-21-23(13-30-25(21)31-26(22)38-3)24(35)28(37)32-10-4-5-11-32;1-14-12-27(15(2)11-26(14)13-16-4-6-18(23)7-5-16)22(28)19-10-17-8-9-24-20(17)25-21(19)29-3;1-2-4-5-3-1;2-1-3/h6-9,12-13,17-18H,4-5,10-11,14-16H2,1-3H3,(H,30,31);4-10,14-15H,11-13H2,1-3H3,(H,24,25);5H,1-4H2;1H2/t17-,18+;14-,15+;;/m00../s1. The van der Waals surface area contributed by atoms with E-state index in [1.54, 1.807) is 34.2 Å². The summed E-state index contributed by atoms with van der Waals surface area (Å²) in [6.45, 7) is 15.7. The number of piperazine rings is 2. The summed E-state index contributed by atoms with van der Waals surface area (Å²) in [4.78, 5) is 77.7. The molecule has 6 aromatic rings. The van der Waals surface area contributed by atoms with Gasteiger partial charge in [-0.15, -0.1) is 23.2 Å². The summed E-state index contributed by atoms with van der Waals surface area (Å²) >= 11 is 9.53. The number of carbonyl (C=O) groups excluding carboxylic acids is 4. The SMILES string of the molecule is C1CCNC1.COc1nc2[nH]cc(C(=O)C(=O)N3CCCC3)c2cc1C(=O)N1C[C@H](C)N(Cc2ccc(F)cc2)C[C@H]1C.COc1nc2[nH]ccc2cc1C(=O)N1C[C@H](C)N(Cc2ccc(F)cc2)C[C@H]1C.ClCCl. The first-order chi connectivity index (χ1) is 36.1. The third-order valence-electron chi connectivity index (χ3n) is 14.1. The van der Waals surface area contributed by atoms with E-state index >= 15 is 0 Å². The molecule has 4 aliphatic heterocycles. The number of hydrogen-bond donors (Lipinski definition) is 3. The van der Waals surface area contributed by atoms with Gasteiger partial charge in [0, 0.05) is 99.7 Å². The van der Waals surface area contributed by atoms with Gasteiger partial charge in [0.15, 0.2) is 0 Å². The van der Waals surface area contributed by atoms with Gasteiger partial charge in [-0.3, -0.25) is 29.0 Å². The Labute approximate surface area is 447 Å². The highest BCUT2D eigenvalue weighted by Gasteiger charge is 2.36. The molecule has 2 aromatic carbocycles. The van der Waals surface area contributed by atoms with Gasteiger partial charge in [0.1, 0.15) is 34.1 Å². The van der Waals surface area contributed by atoms with Gasteiger partial charge in [0.2, 0.25) is 11.8 Å². The molecule has 0 spiro atoms. The number of likely N-dealkylation sites (tertiary alicyclic amines) is 1. The average Bonchev–Trinajstić information content (AvgIpc) is 4.28. The summed E-state index contributed by atoms with van der Waals surface area (Å²) < 4.78 is 37.3. The van der Waals surface area contributed by atoms with Crippen LogP contribution in [0.15, 0.2) is 79.1 Å². The molecule has 0 radical (unpaired) electrons. The fraction of sp³-hybridized carbons (Fsp3) is 0.455. The van der Waals surface area contributed by atoms with Crippen molar-refractivity contribution >= 4 is 68.8 Å². The number of carbonyl (C=O) groups is 4. The summed E-state index contributed by atoms with van der Waals surface area (Å²) in [5, 5.41) is 4.71. The molecule has 3 amide bonds. The molecule has 20 heteroatoms. The molecular weight excluding hydrogens is 1010 g/mol. The smallest absolute Gasteiger partial charge is 0.295 e. The summed E-state index contributed by atoms with van der Waals surface area (Å²) in [6.07, 6.45) is 7.82. The minimum absolute atomic E-state index is 0.0331. The van der Waals surface area contributed by atoms with E-state index in [0.717, 1.165) is 42.4 Å². The summed E-state index contributed by atoms with van der Waals surface area (Å²) in [5.41, 5.74) is 4.07. The second-order valence-corrected chi connectivity index (χ2v) is 20.2.